The molecule has 30 heavy (non-hydrogen) atoms. The number of halogens is 4. The molecule has 4 N–H and O–H groups in total. The predicted octanol–water partition coefficient (Wildman–Crippen LogP) is 2.73. The Morgan fingerprint density at radius 1 is 1.30 bits per heavy atom. The number of alkyl halides is 3. The van der Waals surface area contributed by atoms with Gasteiger partial charge in [-0.1, -0.05) is 0 Å². The lowest BCUT2D eigenvalue weighted by Crippen LogP contribution is -2.37. The maximum absolute atomic E-state index is 13.1. The lowest BCUT2D eigenvalue weighted by Gasteiger charge is -2.18. The van der Waals surface area contributed by atoms with Crippen molar-refractivity contribution in [3.8, 4) is 6.07 Å². The Balaban J connectivity index is 1.71. The Morgan fingerprint density at radius 3 is 2.60 bits per heavy atom. The molecule has 7 nitrogen and oxygen atoms in total. The summed E-state index contributed by atoms with van der Waals surface area (Å²) < 4.78 is 52.3. The third-order valence-corrected chi connectivity index (χ3v) is 4.25. The van der Waals surface area contributed by atoms with Gasteiger partial charge in [-0.05, 0) is 42.5 Å². The second-order valence-corrected chi connectivity index (χ2v) is 6.24. The second kappa shape index (κ2) is 8.40. The first kappa shape index (κ1) is 21.1. The number of carbonyl (C=O) groups excluding carboxylic acids is 1. The van der Waals surface area contributed by atoms with Gasteiger partial charge in [0.25, 0.3) is 0 Å². The molecule has 0 unspecified atom stereocenters. The Kier molecular flexibility index (Phi) is 5.91. The van der Waals surface area contributed by atoms with Crippen molar-refractivity contribution in [3.63, 3.8) is 0 Å². The molecule has 1 saturated heterocycles. The van der Waals surface area contributed by atoms with E-state index in [1.807, 2.05) is 0 Å². The fraction of sp³-hybridized carbons (Fsp3) is 0.158. The van der Waals surface area contributed by atoms with Crippen molar-refractivity contribution < 1.29 is 27.3 Å². The van der Waals surface area contributed by atoms with E-state index in [0.717, 1.165) is 6.07 Å². The van der Waals surface area contributed by atoms with Gasteiger partial charge in [0.1, 0.15) is 11.9 Å². The molecule has 0 spiro atoms. The minimum Gasteiger partial charge on any atom is -0.403 e. The number of nitrogens with one attached hydrogen (secondary N) is 2. The third kappa shape index (κ3) is 4.51. The number of hydroxylamine groups is 3. The van der Waals surface area contributed by atoms with Gasteiger partial charge in [-0.2, -0.15) is 28.9 Å². The van der Waals surface area contributed by atoms with Crippen molar-refractivity contribution >= 4 is 17.3 Å². The number of hydrogen-bond donors (Lipinski definition) is 3. The van der Waals surface area contributed by atoms with Crippen LogP contribution in [0.25, 0.3) is 5.70 Å². The standard InChI is InChI=1S/C19H15F4N5O2/c20-13-4-1-11(2-5-13)17(9-25)28-10-16(27-30-28)18(29)26-14-6-3-12(8-24)15(7-14)19(21,22)23/h1-7,9,16,27H,10,25H2,(H,26,29)/b17-9-/t16-/m0/s1. The zero-order chi connectivity index (χ0) is 21.9. The molecule has 1 aliphatic rings. The first-order valence-corrected chi connectivity index (χ1v) is 8.53. The molecule has 0 bridgehead atoms. The van der Waals surface area contributed by atoms with Gasteiger partial charge in [0.2, 0.25) is 5.91 Å². The molecule has 0 aromatic heterocycles. The number of nitriles is 1. The summed E-state index contributed by atoms with van der Waals surface area (Å²) in [4.78, 5) is 17.7. The van der Waals surface area contributed by atoms with Crippen molar-refractivity contribution in [2.45, 2.75) is 12.2 Å². The van der Waals surface area contributed by atoms with Crippen LogP contribution in [0, 0.1) is 17.1 Å². The van der Waals surface area contributed by atoms with Gasteiger partial charge in [-0.15, -0.1) is 0 Å². The summed E-state index contributed by atoms with van der Waals surface area (Å²) in [6.45, 7) is -0.0192. The summed E-state index contributed by atoms with van der Waals surface area (Å²) in [6.07, 6.45) is -3.53. The average Bonchev–Trinajstić information content (AvgIpc) is 3.19. The van der Waals surface area contributed by atoms with Crippen LogP contribution in [-0.4, -0.2) is 23.6 Å². The Hall–Kier alpha value is -3.62. The zero-order valence-electron chi connectivity index (χ0n) is 15.2. The molecule has 0 aliphatic carbocycles. The summed E-state index contributed by atoms with van der Waals surface area (Å²) in [5, 5.41) is 12.5. The van der Waals surface area contributed by atoms with Crippen LogP contribution in [0.2, 0.25) is 0 Å². The molecule has 3 rings (SSSR count). The maximum atomic E-state index is 13.1. The first-order valence-electron chi connectivity index (χ1n) is 8.53. The lowest BCUT2D eigenvalue weighted by atomic mass is 10.1. The van der Waals surface area contributed by atoms with Crippen LogP contribution in [-0.2, 0) is 15.9 Å². The zero-order valence-corrected chi connectivity index (χ0v) is 15.2. The van der Waals surface area contributed by atoms with Crippen LogP contribution in [0.5, 0.6) is 0 Å². The topological polar surface area (TPSA) is 103 Å². The summed E-state index contributed by atoms with van der Waals surface area (Å²) in [7, 11) is 0. The molecule has 1 heterocycles. The molecular formula is C19H15F4N5O2. The van der Waals surface area contributed by atoms with Crippen LogP contribution in [0.3, 0.4) is 0 Å². The van der Waals surface area contributed by atoms with Crippen LogP contribution in [0.15, 0.2) is 48.7 Å². The maximum Gasteiger partial charge on any atom is 0.417 e. The smallest absolute Gasteiger partial charge is 0.403 e. The predicted molar refractivity (Wildman–Crippen MR) is 98.1 cm³/mol. The second-order valence-electron chi connectivity index (χ2n) is 6.24. The number of hydrogen-bond acceptors (Lipinski definition) is 6. The van der Waals surface area contributed by atoms with E-state index in [0.29, 0.717) is 17.3 Å². The SMILES string of the molecule is N#Cc1ccc(NC(=O)[C@@H]2CN(/C(=C\N)c3ccc(F)cc3)ON2)cc1C(F)(F)F. The molecule has 2 aromatic rings. The van der Waals surface area contributed by atoms with Crippen molar-refractivity contribution in [3.05, 3.63) is 71.2 Å². The molecule has 0 saturated carbocycles. The van der Waals surface area contributed by atoms with E-state index in [1.165, 1.54) is 47.7 Å². The summed E-state index contributed by atoms with van der Waals surface area (Å²) >= 11 is 0. The van der Waals surface area contributed by atoms with Gasteiger partial charge >= 0.3 is 6.18 Å². The first-order chi connectivity index (χ1) is 14.2. The van der Waals surface area contributed by atoms with Gasteiger partial charge in [-0.3, -0.25) is 4.79 Å². The summed E-state index contributed by atoms with van der Waals surface area (Å²) in [6, 6.07) is 8.80. The minimum atomic E-state index is -4.74. The molecule has 1 atom stereocenters. The molecule has 1 fully saturated rings. The van der Waals surface area contributed by atoms with Crippen molar-refractivity contribution in [1.29, 1.82) is 5.26 Å². The Morgan fingerprint density at radius 2 is 2.00 bits per heavy atom. The van der Waals surface area contributed by atoms with Crippen LogP contribution in [0.1, 0.15) is 16.7 Å². The molecular weight excluding hydrogens is 406 g/mol. The van der Waals surface area contributed by atoms with Crippen LogP contribution >= 0.6 is 0 Å². The average molecular weight is 421 g/mol. The van der Waals surface area contributed by atoms with Crippen LogP contribution < -0.4 is 16.5 Å². The highest BCUT2D eigenvalue weighted by atomic mass is 19.4. The van der Waals surface area contributed by atoms with Crippen molar-refractivity contribution in [1.82, 2.24) is 10.5 Å². The van der Waals surface area contributed by atoms with E-state index in [4.69, 9.17) is 15.9 Å². The highest BCUT2D eigenvalue weighted by Crippen LogP contribution is 2.33. The van der Waals surface area contributed by atoms with E-state index in [2.05, 4.69) is 10.8 Å². The number of nitrogens with two attached hydrogens (primary N) is 1. The summed E-state index contributed by atoms with van der Waals surface area (Å²) in [5.41, 5.74) is 7.14. The number of rotatable bonds is 4. The van der Waals surface area contributed by atoms with Crippen LogP contribution in [0.4, 0.5) is 23.2 Å². The molecule has 1 amide bonds. The van der Waals surface area contributed by atoms with E-state index < -0.39 is 35.1 Å². The van der Waals surface area contributed by atoms with Gasteiger partial charge in [0.15, 0.2) is 0 Å². The lowest BCUT2D eigenvalue weighted by molar-refractivity contribution is -0.137. The molecule has 2 aromatic carbocycles. The molecule has 0 radical (unpaired) electrons. The minimum absolute atomic E-state index is 0.0192. The van der Waals surface area contributed by atoms with Gasteiger partial charge in [0, 0.05) is 17.5 Å². The Labute approximate surface area is 168 Å². The van der Waals surface area contributed by atoms with Gasteiger partial charge < -0.3 is 11.1 Å². The number of nitrogens with zero attached hydrogens (tertiary/aromatic N) is 2. The fourth-order valence-corrected chi connectivity index (χ4v) is 2.78. The van der Waals surface area contributed by atoms with E-state index in [9.17, 15) is 22.4 Å². The number of anilines is 1. The molecule has 11 heteroatoms. The number of benzene rings is 2. The van der Waals surface area contributed by atoms with E-state index in [-0.39, 0.29) is 12.2 Å². The van der Waals surface area contributed by atoms with Crippen molar-refractivity contribution in [2.24, 2.45) is 5.73 Å². The van der Waals surface area contributed by atoms with E-state index in [1.54, 1.807) is 0 Å². The van der Waals surface area contributed by atoms with Gasteiger partial charge in [0.05, 0.1) is 29.4 Å². The normalized spacial score (nSPS) is 17.0. The highest BCUT2D eigenvalue weighted by molar-refractivity contribution is 5.95. The number of carbonyl (C=O) groups is 1. The van der Waals surface area contributed by atoms with Crippen molar-refractivity contribution in [2.75, 3.05) is 11.9 Å². The third-order valence-electron chi connectivity index (χ3n) is 4.25. The fourth-order valence-electron chi connectivity index (χ4n) is 2.78. The Bertz CT molecular complexity index is 1020. The van der Waals surface area contributed by atoms with Gasteiger partial charge in [-0.25, -0.2) is 9.45 Å². The highest BCUT2D eigenvalue weighted by Gasteiger charge is 2.35. The number of amides is 1. The largest absolute Gasteiger partial charge is 0.417 e. The monoisotopic (exact) mass is 421 g/mol. The van der Waals surface area contributed by atoms with E-state index >= 15 is 0 Å². The summed E-state index contributed by atoms with van der Waals surface area (Å²) in [5.74, 6) is -1.10. The quantitative estimate of drug-likeness (QED) is 0.656. The molecule has 156 valence electrons. The molecule has 1 aliphatic heterocycles.